The fraction of sp³-hybridized carbons (Fsp3) is 0.609. The number of hydrogen-bond donors (Lipinski definition) is 4. The number of aliphatic hydroxyl groups excluding tert-OH is 1. The summed E-state index contributed by atoms with van der Waals surface area (Å²) >= 11 is 0. The first kappa shape index (κ1) is 27.2. The van der Waals surface area contributed by atoms with Gasteiger partial charge in [0.2, 0.25) is 11.8 Å². The van der Waals surface area contributed by atoms with Gasteiger partial charge < -0.3 is 30.5 Å². The number of rotatable bonds is 10. The van der Waals surface area contributed by atoms with Gasteiger partial charge in [0, 0.05) is 18.7 Å². The van der Waals surface area contributed by atoms with E-state index in [1.54, 1.807) is 45.9 Å². The van der Waals surface area contributed by atoms with Gasteiger partial charge in [-0.15, -0.1) is 0 Å². The number of para-hydroxylation sites is 1. The smallest absolute Gasteiger partial charge is 0.408 e. The van der Waals surface area contributed by atoms with Crippen LogP contribution < -0.4 is 10.6 Å². The van der Waals surface area contributed by atoms with E-state index in [1.807, 2.05) is 6.92 Å². The van der Waals surface area contributed by atoms with E-state index < -0.39 is 42.2 Å². The Morgan fingerprint density at radius 1 is 1.22 bits per heavy atom. The highest BCUT2D eigenvalue weighted by Crippen LogP contribution is 2.32. The van der Waals surface area contributed by atoms with Crippen LogP contribution in [0.5, 0.6) is 5.75 Å². The van der Waals surface area contributed by atoms with Crippen molar-refractivity contribution >= 4 is 17.9 Å². The molecular weight excluding hydrogens is 414 g/mol. The zero-order chi connectivity index (χ0) is 24.5. The summed E-state index contributed by atoms with van der Waals surface area (Å²) in [6, 6.07) is 2.72. The Kier molecular flexibility index (Phi) is 10.5. The number of benzene rings is 1. The standard InChI is InChI=1S/C23H37N3O6/c1-7-8-12-24-20(29)18(17-11-9-10-15(2)19(17)28)26(13-14-27)21(30)16(3)25-22(31)32-23(4,5)6/h9-11,16,18,27-28H,7-8,12-14H2,1-6H3,(H,24,29)(H,25,31). The summed E-state index contributed by atoms with van der Waals surface area (Å²) in [5, 5.41) is 25.5. The molecule has 9 heteroatoms. The lowest BCUT2D eigenvalue weighted by atomic mass is 9.99. The average Bonchev–Trinajstić information content (AvgIpc) is 2.68. The summed E-state index contributed by atoms with van der Waals surface area (Å²) < 4.78 is 5.20. The lowest BCUT2D eigenvalue weighted by molar-refractivity contribution is -0.142. The molecule has 0 aromatic heterocycles. The Bertz CT molecular complexity index is 790. The molecule has 0 heterocycles. The molecule has 0 spiro atoms. The second-order valence-electron chi connectivity index (χ2n) is 8.68. The molecule has 9 nitrogen and oxygen atoms in total. The number of aromatic hydroxyl groups is 1. The van der Waals surface area contributed by atoms with Gasteiger partial charge in [-0.25, -0.2) is 4.79 Å². The number of ether oxygens (including phenoxy) is 1. The summed E-state index contributed by atoms with van der Waals surface area (Å²) in [7, 11) is 0. The van der Waals surface area contributed by atoms with E-state index in [4.69, 9.17) is 4.74 Å². The number of carbonyl (C=O) groups excluding carboxylic acids is 3. The fourth-order valence-corrected chi connectivity index (χ4v) is 3.11. The van der Waals surface area contributed by atoms with Crippen LogP contribution in [0.3, 0.4) is 0 Å². The molecule has 180 valence electrons. The fourth-order valence-electron chi connectivity index (χ4n) is 3.11. The lowest BCUT2D eigenvalue weighted by Crippen LogP contribution is -2.52. The van der Waals surface area contributed by atoms with Gasteiger partial charge in [0.15, 0.2) is 0 Å². The van der Waals surface area contributed by atoms with Gasteiger partial charge in [-0.1, -0.05) is 31.5 Å². The van der Waals surface area contributed by atoms with Crippen LogP contribution in [0.1, 0.15) is 64.6 Å². The second kappa shape index (κ2) is 12.3. The molecular formula is C23H37N3O6. The quantitative estimate of drug-likeness (QED) is 0.405. The van der Waals surface area contributed by atoms with Gasteiger partial charge in [-0.3, -0.25) is 9.59 Å². The number of aryl methyl sites for hydroxylation is 1. The maximum absolute atomic E-state index is 13.3. The predicted octanol–water partition coefficient (Wildman–Crippen LogP) is 2.39. The van der Waals surface area contributed by atoms with E-state index in [0.717, 1.165) is 17.7 Å². The largest absolute Gasteiger partial charge is 0.507 e. The number of unbranched alkanes of at least 4 members (excludes halogenated alkanes) is 1. The van der Waals surface area contributed by atoms with Crippen molar-refractivity contribution in [2.45, 2.75) is 72.1 Å². The third-order valence-corrected chi connectivity index (χ3v) is 4.68. The molecule has 3 amide bonds. The van der Waals surface area contributed by atoms with Crippen LogP contribution in [-0.2, 0) is 14.3 Å². The topological polar surface area (TPSA) is 128 Å². The van der Waals surface area contributed by atoms with E-state index >= 15 is 0 Å². The number of nitrogens with zero attached hydrogens (tertiary/aromatic N) is 1. The average molecular weight is 452 g/mol. The van der Waals surface area contributed by atoms with Gasteiger partial charge in [-0.05, 0) is 46.6 Å². The first-order chi connectivity index (χ1) is 14.9. The predicted molar refractivity (Wildman–Crippen MR) is 121 cm³/mol. The summed E-state index contributed by atoms with van der Waals surface area (Å²) in [5.41, 5.74) is 0.0441. The van der Waals surface area contributed by atoms with Crippen LogP contribution in [0.25, 0.3) is 0 Å². The third-order valence-electron chi connectivity index (χ3n) is 4.68. The molecule has 32 heavy (non-hydrogen) atoms. The molecule has 2 unspecified atom stereocenters. The van der Waals surface area contributed by atoms with E-state index in [-0.39, 0.29) is 17.9 Å². The van der Waals surface area contributed by atoms with Crippen molar-refractivity contribution in [1.82, 2.24) is 15.5 Å². The van der Waals surface area contributed by atoms with Crippen molar-refractivity contribution in [3.8, 4) is 5.75 Å². The van der Waals surface area contributed by atoms with E-state index in [2.05, 4.69) is 10.6 Å². The Labute approximate surface area is 190 Å². The van der Waals surface area contributed by atoms with Gasteiger partial charge in [0.1, 0.15) is 23.4 Å². The van der Waals surface area contributed by atoms with Crippen LogP contribution in [0.15, 0.2) is 18.2 Å². The van der Waals surface area contributed by atoms with Crippen molar-refractivity contribution in [1.29, 1.82) is 0 Å². The SMILES string of the molecule is CCCCNC(=O)C(c1cccc(C)c1O)N(CCO)C(=O)C(C)NC(=O)OC(C)(C)C. The molecule has 0 aliphatic rings. The molecule has 0 radical (unpaired) electrons. The van der Waals surface area contributed by atoms with Crippen molar-refractivity contribution in [2.24, 2.45) is 0 Å². The number of carbonyl (C=O) groups is 3. The monoisotopic (exact) mass is 451 g/mol. The number of aliphatic hydroxyl groups is 1. The molecule has 2 atom stereocenters. The maximum Gasteiger partial charge on any atom is 0.408 e. The summed E-state index contributed by atoms with van der Waals surface area (Å²) in [4.78, 5) is 39.7. The molecule has 0 saturated heterocycles. The van der Waals surface area contributed by atoms with Crippen molar-refractivity contribution in [3.63, 3.8) is 0 Å². The molecule has 0 aliphatic heterocycles. The minimum absolute atomic E-state index is 0.105. The number of hydrogen-bond acceptors (Lipinski definition) is 6. The molecule has 1 aromatic carbocycles. The Morgan fingerprint density at radius 3 is 2.44 bits per heavy atom. The molecule has 1 rings (SSSR count). The summed E-state index contributed by atoms with van der Waals surface area (Å²) in [5.74, 6) is -1.18. The van der Waals surface area contributed by atoms with Gasteiger partial charge in [0.05, 0.1) is 6.61 Å². The first-order valence-electron chi connectivity index (χ1n) is 10.9. The normalized spacial score (nSPS) is 13.1. The summed E-state index contributed by atoms with van der Waals surface area (Å²) in [6.07, 6.45) is 0.851. The second-order valence-corrected chi connectivity index (χ2v) is 8.68. The van der Waals surface area contributed by atoms with Crippen molar-refractivity contribution < 1.29 is 29.3 Å². The van der Waals surface area contributed by atoms with Crippen LogP contribution >= 0.6 is 0 Å². The first-order valence-corrected chi connectivity index (χ1v) is 10.9. The van der Waals surface area contributed by atoms with Crippen LogP contribution in [-0.4, -0.2) is 64.4 Å². The molecule has 4 N–H and O–H groups in total. The van der Waals surface area contributed by atoms with E-state index in [1.165, 1.54) is 6.92 Å². The molecule has 0 saturated carbocycles. The minimum Gasteiger partial charge on any atom is -0.507 e. The number of phenols is 1. The minimum atomic E-state index is -1.19. The third kappa shape index (κ3) is 8.03. The number of nitrogens with one attached hydrogen (secondary N) is 2. The Morgan fingerprint density at radius 2 is 1.88 bits per heavy atom. The summed E-state index contributed by atoms with van der Waals surface area (Å²) in [6.45, 7) is 10.1. The number of phenolic OH excluding ortho intramolecular Hbond substituents is 1. The van der Waals surface area contributed by atoms with Crippen molar-refractivity contribution in [3.05, 3.63) is 29.3 Å². The highest BCUT2D eigenvalue weighted by Gasteiger charge is 2.35. The molecule has 1 aromatic rings. The van der Waals surface area contributed by atoms with Crippen LogP contribution in [0.4, 0.5) is 4.79 Å². The number of alkyl carbamates (subject to hydrolysis) is 1. The van der Waals surface area contributed by atoms with E-state index in [0.29, 0.717) is 12.1 Å². The van der Waals surface area contributed by atoms with Crippen LogP contribution in [0.2, 0.25) is 0 Å². The molecule has 0 aliphatic carbocycles. The van der Waals surface area contributed by atoms with Crippen molar-refractivity contribution in [2.75, 3.05) is 19.7 Å². The highest BCUT2D eigenvalue weighted by molar-refractivity contribution is 5.92. The number of amides is 3. The Hall–Kier alpha value is -2.81. The zero-order valence-corrected chi connectivity index (χ0v) is 19.9. The Balaban J connectivity index is 3.28. The van der Waals surface area contributed by atoms with Gasteiger partial charge >= 0.3 is 6.09 Å². The zero-order valence-electron chi connectivity index (χ0n) is 19.9. The maximum atomic E-state index is 13.3. The lowest BCUT2D eigenvalue weighted by Gasteiger charge is -2.33. The molecule has 0 fully saturated rings. The highest BCUT2D eigenvalue weighted by atomic mass is 16.6. The van der Waals surface area contributed by atoms with Gasteiger partial charge in [0.25, 0.3) is 0 Å². The van der Waals surface area contributed by atoms with Gasteiger partial charge in [-0.2, -0.15) is 0 Å². The van der Waals surface area contributed by atoms with Crippen LogP contribution in [0, 0.1) is 6.92 Å². The molecule has 0 bridgehead atoms. The van der Waals surface area contributed by atoms with E-state index in [9.17, 15) is 24.6 Å².